The number of phenols is 1. The Morgan fingerprint density at radius 3 is 2.58 bits per heavy atom. The van der Waals surface area contributed by atoms with E-state index in [1.165, 1.54) is 0 Å². The van der Waals surface area contributed by atoms with Crippen molar-refractivity contribution in [3.63, 3.8) is 0 Å². The molecule has 0 bridgehead atoms. The lowest BCUT2D eigenvalue weighted by Gasteiger charge is -2.27. The molecule has 3 aromatic heterocycles. The van der Waals surface area contributed by atoms with Gasteiger partial charge in [-0.2, -0.15) is 0 Å². The summed E-state index contributed by atoms with van der Waals surface area (Å²) in [5, 5.41) is 11.0. The highest BCUT2D eigenvalue weighted by Gasteiger charge is 2.24. The third-order valence-corrected chi connectivity index (χ3v) is 6.27. The number of aromatic nitrogens is 3. The number of rotatable bonds is 6. The molecule has 5 rings (SSSR count). The van der Waals surface area contributed by atoms with Crippen LogP contribution in [0, 0.1) is 6.92 Å². The molecule has 172 valence electrons. The van der Waals surface area contributed by atoms with E-state index in [1.807, 2.05) is 25.1 Å². The molecular weight excluding hydrogens is 418 g/mol. The van der Waals surface area contributed by atoms with Crippen molar-refractivity contribution in [3.05, 3.63) is 41.6 Å². The SMILES string of the molecule is CCN(CC)Cc1ccc2c(n1)oc1c(N3CCOCC3)nc(-c3cc(O)ccc3C)nc12. The summed E-state index contributed by atoms with van der Waals surface area (Å²) in [6, 6.07) is 9.35. The van der Waals surface area contributed by atoms with Gasteiger partial charge in [0.15, 0.2) is 17.2 Å². The molecule has 1 aromatic carbocycles. The van der Waals surface area contributed by atoms with Crippen LogP contribution < -0.4 is 4.90 Å². The Kier molecular flexibility index (Phi) is 5.86. The third kappa shape index (κ3) is 4.12. The number of pyridine rings is 1. The number of furan rings is 1. The van der Waals surface area contributed by atoms with Crippen LogP contribution in [0.5, 0.6) is 5.75 Å². The summed E-state index contributed by atoms with van der Waals surface area (Å²) in [6.07, 6.45) is 0. The molecule has 0 saturated carbocycles. The van der Waals surface area contributed by atoms with Crippen LogP contribution in [0.4, 0.5) is 5.82 Å². The van der Waals surface area contributed by atoms with E-state index < -0.39 is 0 Å². The monoisotopic (exact) mass is 447 g/mol. The van der Waals surface area contributed by atoms with Gasteiger partial charge >= 0.3 is 0 Å². The van der Waals surface area contributed by atoms with Gasteiger partial charge in [0.2, 0.25) is 5.71 Å². The Morgan fingerprint density at radius 1 is 1.03 bits per heavy atom. The van der Waals surface area contributed by atoms with E-state index in [9.17, 15) is 5.11 Å². The smallest absolute Gasteiger partial charge is 0.229 e. The number of nitrogens with zero attached hydrogens (tertiary/aromatic N) is 5. The topological polar surface area (TPSA) is 87.8 Å². The van der Waals surface area contributed by atoms with Crippen LogP contribution in [0.25, 0.3) is 33.6 Å². The maximum Gasteiger partial charge on any atom is 0.229 e. The Hall–Kier alpha value is -3.23. The maximum absolute atomic E-state index is 10.1. The van der Waals surface area contributed by atoms with E-state index in [0.29, 0.717) is 30.3 Å². The number of aryl methyl sites for hydroxylation is 1. The highest BCUT2D eigenvalue weighted by molar-refractivity contribution is 6.05. The highest BCUT2D eigenvalue weighted by Crippen LogP contribution is 2.36. The van der Waals surface area contributed by atoms with Crippen LogP contribution in [0.2, 0.25) is 0 Å². The lowest BCUT2D eigenvalue weighted by molar-refractivity contribution is 0.122. The molecule has 8 nitrogen and oxygen atoms in total. The average Bonchev–Trinajstić information content (AvgIpc) is 3.21. The Balaban J connectivity index is 1.69. The van der Waals surface area contributed by atoms with Crippen molar-refractivity contribution in [2.24, 2.45) is 0 Å². The van der Waals surface area contributed by atoms with E-state index in [2.05, 4.69) is 23.6 Å². The Morgan fingerprint density at radius 2 is 1.82 bits per heavy atom. The molecule has 1 aliphatic heterocycles. The second kappa shape index (κ2) is 8.96. The van der Waals surface area contributed by atoms with E-state index in [4.69, 9.17) is 24.1 Å². The summed E-state index contributed by atoms with van der Waals surface area (Å²) in [5.41, 5.74) is 4.71. The first-order chi connectivity index (χ1) is 16.1. The van der Waals surface area contributed by atoms with Crippen LogP contribution >= 0.6 is 0 Å². The van der Waals surface area contributed by atoms with Crippen molar-refractivity contribution in [2.75, 3.05) is 44.3 Å². The Labute approximate surface area is 192 Å². The fourth-order valence-corrected chi connectivity index (χ4v) is 4.27. The molecule has 0 aliphatic carbocycles. The minimum absolute atomic E-state index is 0.187. The fourth-order valence-electron chi connectivity index (χ4n) is 4.27. The number of anilines is 1. The Bertz CT molecular complexity index is 1290. The van der Waals surface area contributed by atoms with E-state index in [0.717, 1.165) is 66.3 Å². The van der Waals surface area contributed by atoms with Gasteiger partial charge in [0, 0.05) is 25.2 Å². The van der Waals surface area contributed by atoms with Crippen LogP contribution in [0.1, 0.15) is 25.1 Å². The molecular formula is C25H29N5O3. The number of phenolic OH excluding ortho intramolecular Hbond substituents is 1. The van der Waals surface area contributed by atoms with Gasteiger partial charge in [-0.1, -0.05) is 19.9 Å². The molecule has 0 atom stereocenters. The third-order valence-electron chi connectivity index (χ3n) is 6.27. The summed E-state index contributed by atoms with van der Waals surface area (Å²) in [7, 11) is 0. The second-order valence-electron chi connectivity index (χ2n) is 8.37. The number of aromatic hydroxyl groups is 1. The molecule has 1 saturated heterocycles. The lowest BCUT2D eigenvalue weighted by Crippen LogP contribution is -2.37. The number of fused-ring (bicyclic) bond motifs is 3. The van der Waals surface area contributed by atoms with Crippen LogP contribution in [0.3, 0.4) is 0 Å². The molecule has 1 fully saturated rings. The standard InChI is InChI=1S/C25H29N5O3/c1-4-29(5-2)15-17-7-9-19-21-22(33-25(19)26-17)24(30-10-12-32-13-11-30)28-23(27-21)20-14-18(31)8-6-16(20)3/h6-9,14,31H,4-5,10-13,15H2,1-3H3. The number of hydrogen-bond acceptors (Lipinski definition) is 8. The molecule has 0 radical (unpaired) electrons. The quantitative estimate of drug-likeness (QED) is 0.472. The lowest BCUT2D eigenvalue weighted by atomic mass is 10.1. The molecule has 33 heavy (non-hydrogen) atoms. The number of benzene rings is 1. The molecule has 0 amide bonds. The van der Waals surface area contributed by atoms with Crippen molar-refractivity contribution in [2.45, 2.75) is 27.3 Å². The van der Waals surface area contributed by atoms with Gasteiger partial charge in [0.05, 0.1) is 24.3 Å². The largest absolute Gasteiger partial charge is 0.508 e. The minimum Gasteiger partial charge on any atom is -0.508 e. The zero-order valence-electron chi connectivity index (χ0n) is 19.3. The van der Waals surface area contributed by atoms with Gasteiger partial charge in [-0.25, -0.2) is 15.0 Å². The van der Waals surface area contributed by atoms with Crippen LogP contribution in [-0.4, -0.2) is 64.4 Å². The molecule has 1 aliphatic rings. The van der Waals surface area contributed by atoms with E-state index in [1.54, 1.807) is 12.1 Å². The summed E-state index contributed by atoms with van der Waals surface area (Å²) >= 11 is 0. The molecule has 4 heterocycles. The predicted octanol–water partition coefficient (Wildman–Crippen LogP) is 4.13. The normalized spacial score (nSPS) is 14.6. The van der Waals surface area contributed by atoms with Gasteiger partial charge in [0.1, 0.15) is 11.3 Å². The average molecular weight is 448 g/mol. The molecule has 0 spiro atoms. The number of hydrogen-bond donors (Lipinski definition) is 1. The summed E-state index contributed by atoms with van der Waals surface area (Å²) < 4.78 is 11.8. The van der Waals surface area contributed by atoms with Gasteiger partial charge in [-0.3, -0.25) is 4.90 Å². The second-order valence-corrected chi connectivity index (χ2v) is 8.37. The van der Waals surface area contributed by atoms with Crippen molar-refractivity contribution >= 4 is 28.0 Å². The molecule has 1 N–H and O–H groups in total. The highest BCUT2D eigenvalue weighted by atomic mass is 16.5. The van der Waals surface area contributed by atoms with Crippen LogP contribution in [0.15, 0.2) is 34.7 Å². The first-order valence-electron chi connectivity index (χ1n) is 11.5. The zero-order chi connectivity index (χ0) is 22.9. The van der Waals surface area contributed by atoms with Gasteiger partial charge in [-0.15, -0.1) is 0 Å². The first kappa shape index (κ1) is 21.6. The maximum atomic E-state index is 10.1. The van der Waals surface area contributed by atoms with E-state index in [-0.39, 0.29) is 5.75 Å². The predicted molar refractivity (Wildman–Crippen MR) is 129 cm³/mol. The van der Waals surface area contributed by atoms with Crippen molar-refractivity contribution in [1.82, 2.24) is 19.9 Å². The zero-order valence-corrected chi connectivity index (χ0v) is 19.3. The summed E-state index contributed by atoms with van der Waals surface area (Å²) in [4.78, 5) is 19.1. The molecule has 4 aromatic rings. The summed E-state index contributed by atoms with van der Waals surface area (Å²) in [5.74, 6) is 1.49. The summed E-state index contributed by atoms with van der Waals surface area (Å²) in [6.45, 7) is 11.7. The van der Waals surface area contributed by atoms with E-state index >= 15 is 0 Å². The van der Waals surface area contributed by atoms with Crippen molar-refractivity contribution in [3.8, 4) is 17.1 Å². The van der Waals surface area contributed by atoms with Gasteiger partial charge in [0.25, 0.3) is 0 Å². The number of ether oxygens (including phenoxy) is 1. The minimum atomic E-state index is 0.187. The molecule has 0 unspecified atom stereocenters. The van der Waals surface area contributed by atoms with Crippen LogP contribution in [-0.2, 0) is 11.3 Å². The first-order valence-corrected chi connectivity index (χ1v) is 11.5. The van der Waals surface area contributed by atoms with Gasteiger partial charge < -0.3 is 19.2 Å². The fraction of sp³-hybridized carbons (Fsp3) is 0.400. The van der Waals surface area contributed by atoms with Gasteiger partial charge in [-0.05, 0) is 49.8 Å². The van der Waals surface area contributed by atoms with Crippen molar-refractivity contribution in [1.29, 1.82) is 0 Å². The number of morpholine rings is 1. The molecule has 8 heteroatoms. The van der Waals surface area contributed by atoms with Crippen molar-refractivity contribution < 1.29 is 14.3 Å².